The Morgan fingerprint density at radius 1 is 1.67 bits per heavy atom. The SMILES string of the molecule is CCN(CCC(=O)O)Cc1cc(C)no1. The minimum atomic E-state index is -0.776. The van der Waals surface area contributed by atoms with Crippen molar-refractivity contribution >= 4 is 5.97 Å². The molecule has 0 amide bonds. The van der Waals surface area contributed by atoms with Gasteiger partial charge in [0.1, 0.15) is 0 Å². The highest BCUT2D eigenvalue weighted by Crippen LogP contribution is 2.06. The molecule has 5 heteroatoms. The van der Waals surface area contributed by atoms with E-state index >= 15 is 0 Å². The van der Waals surface area contributed by atoms with Gasteiger partial charge in [-0.2, -0.15) is 0 Å². The summed E-state index contributed by atoms with van der Waals surface area (Å²) in [5.74, 6) is 0.00180. The first-order valence-electron chi connectivity index (χ1n) is 4.98. The second kappa shape index (κ2) is 5.50. The topological polar surface area (TPSA) is 66.6 Å². The lowest BCUT2D eigenvalue weighted by molar-refractivity contribution is -0.137. The fraction of sp³-hybridized carbons (Fsp3) is 0.600. The molecule has 84 valence electrons. The van der Waals surface area contributed by atoms with Crippen molar-refractivity contribution in [1.29, 1.82) is 0 Å². The van der Waals surface area contributed by atoms with Gasteiger partial charge in [-0.1, -0.05) is 12.1 Å². The summed E-state index contributed by atoms with van der Waals surface area (Å²) in [5.41, 5.74) is 0.847. The van der Waals surface area contributed by atoms with Crippen LogP contribution in [0.4, 0.5) is 0 Å². The summed E-state index contributed by atoms with van der Waals surface area (Å²) in [4.78, 5) is 12.4. The predicted octanol–water partition coefficient (Wildman–Crippen LogP) is 1.28. The molecule has 0 bridgehead atoms. The maximum absolute atomic E-state index is 10.4. The third-order valence-corrected chi connectivity index (χ3v) is 2.15. The minimum absolute atomic E-state index is 0.154. The van der Waals surface area contributed by atoms with Crippen molar-refractivity contribution < 1.29 is 14.4 Å². The van der Waals surface area contributed by atoms with Crippen molar-refractivity contribution in [3.05, 3.63) is 17.5 Å². The number of carboxylic acids is 1. The van der Waals surface area contributed by atoms with Gasteiger partial charge in [-0.15, -0.1) is 0 Å². The molecular weight excluding hydrogens is 196 g/mol. The Bertz CT molecular complexity index is 322. The van der Waals surface area contributed by atoms with E-state index < -0.39 is 5.97 Å². The first kappa shape index (κ1) is 11.7. The molecule has 0 fully saturated rings. The summed E-state index contributed by atoms with van der Waals surface area (Å²) in [7, 11) is 0. The van der Waals surface area contributed by atoms with Crippen molar-refractivity contribution in [3.63, 3.8) is 0 Å². The highest BCUT2D eigenvalue weighted by atomic mass is 16.5. The second-order valence-corrected chi connectivity index (χ2v) is 3.45. The molecular formula is C10H16N2O3. The summed E-state index contributed by atoms with van der Waals surface area (Å²) >= 11 is 0. The normalized spacial score (nSPS) is 10.9. The van der Waals surface area contributed by atoms with Crippen LogP contribution >= 0.6 is 0 Å². The van der Waals surface area contributed by atoms with E-state index in [1.807, 2.05) is 24.8 Å². The number of carbonyl (C=O) groups is 1. The Labute approximate surface area is 88.7 Å². The third kappa shape index (κ3) is 4.12. The van der Waals surface area contributed by atoms with Crippen molar-refractivity contribution in [2.24, 2.45) is 0 Å². The fourth-order valence-corrected chi connectivity index (χ4v) is 1.31. The van der Waals surface area contributed by atoms with Crippen molar-refractivity contribution in [2.45, 2.75) is 26.8 Å². The number of aromatic nitrogens is 1. The number of nitrogens with zero attached hydrogens (tertiary/aromatic N) is 2. The smallest absolute Gasteiger partial charge is 0.304 e. The third-order valence-electron chi connectivity index (χ3n) is 2.15. The molecule has 5 nitrogen and oxygen atoms in total. The van der Waals surface area contributed by atoms with Crippen LogP contribution in [-0.4, -0.2) is 34.2 Å². The van der Waals surface area contributed by atoms with Gasteiger partial charge in [-0.25, -0.2) is 0 Å². The standard InChI is InChI=1S/C10H16N2O3/c1-3-12(5-4-10(13)14)7-9-6-8(2)11-15-9/h6H,3-5,7H2,1-2H3,(H,13,14). The van der Waals surface area contributed by atoms with E-state index in [0.29, 0.717) is 13.1 Å². The van der Waals surface area contributed by atoms with E-state index in [9.17, 15) is 4.79 Å². The lowest BCUT2D eigenvalue weighted by Gasteiger charge is -2.16. The molecule has 0 saturated heterocycles. The molecule has 0 aliphatic rings. The van der Waals surface area contributed by atoms with Gasteiger partial charge < -0.3 is 9.63 Å². The minimum Gasteiger partial charge on any atom is -0.481 e. The zero-order valence-electron chi connectivity index (χ0n) is 9.06. The van der Waals surface area contributed by atoms with E-state index in [0.717, 1.165) is 18.0 Å². The van der Waals surface area contributed by atoms with Gasteiger partial charge in [-0.3, -0.25) is 9.69 Å². The Hall–Kier alpha value is -1.36. The molecule has 1 rings (SSSR count). The second-order valence-electron chi connectivity index (χ2n) is 3.45. The van der Waals surface area contributed by atoms with Gasteiger partial charge >= 0.3 is 5.97 Å². The van der Waals surface area contributed by atoms with Crippen LogP contribution in [0.15, 0.2) is 10.6 Å². The molecule has 0 saturated carbocycles. The lowest BCUT2D eigenvalue weighted by atomic mass is 10.3. The van der Waals surface area contributed by atoms with Gasteiger partial charge in [0.05, 0.1) is 18.7 Å². The Kier molecular flexibility index (Phi) is 4.30. The molecule has 1 aromatic heterocycles. The molecule has 1 heterocycles. The van der Waals surface area contributed by atoms with Crippen molar-refractivity contribution in [1.82, 2.24) is 10.1 Å². The van der Waals surface area contributed by atoms with Gasteiger partial charge in [0, 0.05) is 12.6 Å². The van der Waals surface area contributed by atoms with Crippen LogP contribution in [0.1, 0.15) is 24.8 Å². The molecule has 1 N–H and O–H groups in total. The number of carboxylic acid groups (broad SMARTS) is 1. The van der Waals surface area contributed by atoms with Crippen LogP contribution in [0.5, 0.6) is 0 Å². The zero-order chi connectivity index (χ0) is 11.3. The zero-order valence-corrected chi connectivity index (χ0v) is 9.06. The predicted molar refractivity (Wildman–Crippen MR) is 54.4 cm³/mol. The molecule has 0 aliphatic carbocycles. The van der Waals surface area contributed by atoms with E-state index in [2.05, 4.69) is 5.16 Å². The van der Waals surface area contributed by atoms with Gasteiger partial charge in [0.25, 0.3) is 0 Å². The van der Waals surface area contributed by atoms with Crippen molar-refractivity contribution in [2.75, 3.05) is 13.1 Å². The van der Waals surface area contributed by atoms with Gasteiger partial charge in [0.15, 0.2) is 5.76 Å². The fourth-order valence-electron chi connectivity index (χ4n) is 1.31. The average molecular weight is 212 g/mol. The molecule has 0 aromatic carbocycles. The first-order chi connectivity index (χ1) is 7.11. The molecule has 0 unspecified atom stereocenters. The number of hydrogen-bond donors (Lipinski definition) is 1. The lowest BCUT2D eigenvalue weighted by Crippen LogP contribution is -2.25. The summed E-state index contributed by atoms with van der Waals surface area (Å²) in [6.45, 7) is 5.80. The number of aliphatic carboxylic acids is 1. The Morgan fingerprint density at radius 3 is 2.87 bits per heavy atom. The Morgan fingerprint density at radius 2 is 2.40 bits per heavy atom. The summed E-state index contributed by atoms with van der Waals surface area (Å²) in [6, 6.07) is 1.86. The summed E-state index contributed by atoms with van der Waals surface area (Å²) < 4.78 is 5.06. The largest absolute Gasteiger partial charge is 0.481 e. The summed E-state index contributed by atoms with van der Waals surface area (Å²) in [6.07, 6.45) is 0.154. The highest BCUT2D eigenvalue weighted by Gasteiger charge is 2.09. The maximum atomic E-state index is 10.4. The van der Waals surface area contributed by atoms with Gasteiger partial charge in [-0.05, 0) is 13.5 Å². The molecule has 15 heavy (non-hydrogen) atoms. The Balaban J connectivity index is 2.42. The summed E-state index contributed by atoms with van der Waals surface area (Å²) in [5, 5.41) is 12.3. The van der Waals surface area contributed by atoms with Crippen LogP contribution < -0.4 is 0 Å². The van der Waals surface area contributed by atoms with E-state index in [4.69, 9.17) is 9.63 Å². The molecule has 0 atom stereocenters. The van der Waals surface area contributed by atoms with Gasteiger partial charge in [0.2, 0.25) is 0 Å². The van der Waals surface area contributed by atoms with E-state index in [1.165, 1.54) is 0 Å². The number of hydrogen-bond acceptors (Lipinski definition) is 4. The molecule has 0 radical (unpaired) electrons. The molecule has 0 aliphatic heterocycles. The van der Waals surface area contributed by atoms with Crippen LogP contribution in [-0.2, 0) is 11.3 Å². The van der Waals surface area contributed by atoms with Crippen LogP contribution in [0.2, 0.25) is 0 Å². The maximum Gasteiger partial charge on any atom is 0.304 e. The van der Waals surface area contributed by atoms with Crippen molar-refractivity contribution in [3.8, 4) is 0 Å². The van der Waals surface area contributed by atoms with Crippen LogP contribution in [0, 0.1) is 6.92 Å². The number of aryl methyl sites for hydroxylation is 1. The highest BCUT2D eigenvalue weighted by molar-refractivity contribution is 5.66. The first-order valence-corrected chi connectivity index (χ1v) is 4.98. The quantitative estimate of drug-likeness (QED) is 0.769. The monoisotopic (exact) mass is 212 g/mol. The number of rotatable bonds is 6. The van der Waals surface area contributed by atoms with Crippen LogP contribution in [0.3, 0.4) is 0 Å². The molecule has 1 aromatic rings. The van der Waals surface area contributed by atoms with E-state index in [-0.39, 0.29) is 6.42 Å². The van der Waals surface area contributed by atoms with Crippen LogP contribution in [0.25, 0.3) is 0 Å². The van der Waals surface area contributed by atoms with E-state index in [1.54, 1.807) is 0 Å². The average Bonchev–Trinajstić information content (AvgIpc) is 2.58. The molecule has 0 spiro atoms.